The third-order valence-corrected chi connectivity index (χ3v) is 4.99. The van der Waals surface area contributed by atoms with Crippen LogP contribution in [0.4, 0.5) is 27.6 Å². The zero-order valence-electron chi connectivity index (χ0n) is 18.2. The van der Waals surface area contributed by atoms with E-state index in [2.05, 4.69) is 10.1 Å². The summed E-state index contributed by atoms with van der Waals surface area (Å²) < 4.78 is 69.5. The standard InChI is InChI=1S/C23H27F5N2O/c1-6-14(2)13-30(5)21-15(3)19(11-17(12-29-4)20(21)22(24)25)16-7-9-18(10-8-16)31-23(26,27)28/h7-11,13,22,29H,6,12H2,1-5H3/b14-13+. The van der Waals surface area contributed by atoms with E-state index in [-0.39, 0.29) is 17.9 Å². The van der Waals surface area contributed by atoms with Crippen LogP contribution in [0.2, 0.25) is 0 Å². The van der Waals surface area contributed by atoms with Gasteiger partial charge in [-0.15, -0.1) is 13.2 Å². The van der Waals surface area contributed by atoms with Crippen molar-refractivity contribution in [2.24, 2.45) is 0 Å². The van der Waals surface area contributed by atoms with Crippen LogP contribution in [0.5, 0.6) is 5.75 Å². The fourth-order valence-electron chi connectivity index (χ4n) is 3.50. The van der Waals surface area contributed by atoms with Gasteiger partial charge in [0.25, 0.3) is 6.43 Å². The molecular formula is C23H27F5N2O. The van der Waals surface area contributed by atoms with Crippen LogP contribution in [0.3, 0.4) is 0 Å². The van der Waals surface area contributed by atoms with Crippen molar-refractivity contribution in [3.05, 3.63) is 58.8 Å². The fourth-order valence-corrected chi connectivity index (χ4v) is 3.50. The number of nitrogens with zero attached hydrogens (tertiary/aromatic N) is 1. The number of hydrogen-bond acceptors (Lipinski definition) is 3. The van der Waals surface area contributed by atoms with Gasteiger partial charge in [0.2, 0.25) is 0 Å². The molecule has 31 heavy (non-hydrogen) atoms. The number of allylic oxidation sites excluding steroid dienone is 1. The molecule has 0 saturated carbocycles. The topological polar surface area (TPSA) is 24.5 Å². The van der Waals surface area contributed by atoms with Gasteiger partial charge in [-0.1, -0.05) is 24.6 Å². The summed E-state index contributed by atoms with van der Waals surface area (Å²) in [5.74, 6) is -0.340. The van der Waals surface area contributed by atoms with Crippen molar-refractivity contribution in [2.75, 3.05) is 19.0 Å². The highest BCUT2D eigenvalue weighted by molar-refractivity contribution is 5.79. The first kappa shape index (κ1) is 24.7. The van der Waals surface area contributed by atoms with Crippen LogP contribution in [-0.4, -0.2) is 20.5 Å². The maximum Gasteiger partial charge on any atom is 0.573 e. The highest BCUT2D eigenvalue weighted by Gasteiger charge is 2.31. The van der Waals surface area contributed by atoms with Gasteiger partial charge in [-0.2, -0.15) is 0 Å². The minimum absolute atomic E-state index is 0.0599. The van der Waals surface area contributed by atoms with Gasteiger partial charge in [-0.05, 0) is 67.8 Å². The molecule has 3 nitrogen and oxygen atoms in total. The van der Waals surface area contributed by atoms with E-state index in [9.17, 15) is 22.0 Å². The Morgan fingerprint density at radius 3 is 2.29 bits per heavy atom. The summed E-state index contributed by atoms with van der Waals surface area (Å²) >= 11 is 0. The zero-order valence-corrected chi connectivity index (χ0v) is 18.2. The molecule has 8 heteroatoms. The monoisotopic (exact) mass is 442 g/mol. The Balaban J connectivity index is 2.68. The minimum Gasteiger partial charge on any atom is -0.406 e. The lowest BCUT2D eigenvalue weighted by atomic mass is 9.91. The maximum absolute atomic E-state index is 14.1. The first-order valence-corrected chi connectivity index (χ1v) is 9.83. The lowest BCUT2D eigenvalue weighted by molar-refractivity contribution is -0.274. The Hall–Kier alpha value is -2.61. The van der Waals surface area contributed by atoms with Crippen LogP contribution >= 0.6 is 0 Å². The molecule has 0 radical (unpaired) electrons. The van der Waals surface area contributed by atoms with Crippen LogP contribution in [0.25, 0.3) is 11.1 Å². The Kier molecular flexibility index (Phi) is 8.06. The van der Waals surface area contributed by atoms with Gasteiger partial charge in [0.05, 0.1) is 5.69 Å². The molecule has 0 saturated heterocycles. The Bertz CT molecular complexity index is 921. The number of alkyl halides is 5. The van der Waals surface area contributed by atoms with E-state index in [1.807, 2.05) is 20.0 Å². The molecule has 0 amide bonds. The lowest BCUT2D eigenvalue weighted by Gasteiger charge is -2.26. The van der Waals surface area contributed by atoms with Crippen molar-refractivity contribution < 1.29 is 26.7 Å². The molecule has 0 heterocycles. The summed E-state index contributed by atoms with van der Waals surface area (Å²) in [7, 11) is 3.39. The first-order chi connectivity index (χ1) is 14.5. The van der Waals surface area contributed by atoms with E-state index in [4.69, 9.17) is 0 Å². The van der Waals surface area contributed by atoms with Crippen LogP contribution in [0.1, 0.15) is 43.4 Å². The molecule has 0 spiro atoms. The zero-order chi connectivity index (χ0) is 23.3. The second-order valence-electron chi connectivity index (χ2n) is 7.31. The van der Waals surface area contributed by atoms with Crippen LogP contribution < -0.4 is 15.0 Å². The van der Waals surface area contributed by atoms with E-state index in [1.54, 1.807) is 32.0 Å². The van der Waals surface area contributed by atoms with Crippen molar-refractivity contribution in [2.45, 2.75) is 46.5 Å². The summed E-state index contributed by atoms with van der Waals surface area (Å²) in [5.41, 5.74) is 3.67. The first-order valence-electron chi connectivity index (χ1n) is 9.83. The van der Waals surface area contributed by atoms with Crippen molar-refractivity contribution in [3.63, 3.8) is 0 Å². The van der Waals surface area contributed by atoms with Gasteiger partial charge >= 0.3 is 6.36 Å². The van der Waals surface area contributed by atoms with Gasteiger partial charge in [0, 0.05) is 25.4 Å². The molecule has 1 N–H and O–H groups in total. The number of hydrogen-bond donors (Lipinski definition) is 1. The third-order valence-electron chi connectivity index (χ3n) is 4.99. The molecule has 0 atom stereocenters. The van der Waals surface area contributed by atoms with Crippen molar-refractivity contribution in [3.8, 4) is 16.9 Å². The number of anilines is 1. The number of benzene rings is 2. The van der Waals surface area contributed by atoms with Crippen molar-refractivity contribution >= 4 is 5.69 Å². The smallest absolute Gasteiger partial charge is 0.406 e. The molecule has 2 aromatic rings. The van der Waals surface area contributed by atoms with Crippen LogP contribution in [-0.2, 0) is 6.54 Å². The SMILES string of the molecule is CC/C(C)=C/N(C)c1c(C)c(-c2ccc(OC(F)(F)F)cc2)cc(CNC)c1C(F)F. The third kappa shape index (κ3) is 6.19. The summed E-state index contributed by atoms with van der Waals surface area (Å²) in [6.45, 7) is 5.87. The molecule has 0 unspecified atom stereocenters. The molecule has 2 aromatic carbocycles. The predicted molar refractivity (Wildman–Crippen MR) is 113 cm³/mol. The number of rotatable bonds is 8. The summed E-state index contributed by atoms with van der Waals surface area (Å²) in [6, 6.07) is 7.08. The Morgan fingerprint density at radius 1 is 1.19 bits per heavy atom. The summed E-state index contributed by atoms with van der Waals surface area (Å²) in [6.07, 6.45) is -4.87. The van der Waals surface area contributed by atoms with Crippen LogP contribution in [0, 0.1) is 6.92 Å². The Morgan fingerprint density at radius 2 is 1.81 bits per heavy atom. The molecule has 0 bridgehead atoms. The second kappa shape index (κ2) is 10.1. The molecule has 0 aromatic heterocycles. The van der Waals surface area contributed by atoms with E-state index < -0.39 is 12.8 Å². The highest BCUT2D eigenvalue weighted by atomic mass is 19.4. The van der Waals surface area contributed by atoms with Gasteiger partial charge < -0.3 is 15.0 Å². The lowest BCUT2D eigenvalue weighted by Crippen LogP contribution is -2.18. The number of nitrogens with one attached hydrogen (secondary N) is 1. The Labute approximate surface area is 179 Å². The van der Waals surface area contributed by atoms with Gasteiger partial charge in [-0.25, -0.2) is 8.78 Å². The van der Waals surface area contributed by atoms with E-state index in [0.29, 0.717) is 27.9 Å². The van der Waals surface area contributed by atoms with Crippen molar-refractivity contribution in [1.29, 1.82) is 0 Å². The summed E-state index contributed by atoms with van der Waals surface area (Å²) in [4.78, 5) is 1.69. The van der Waals surface area contributed by atoms with E-state index >= 15 is 0 Å². The highest BCUT2D eigenvalue weighted by Crippen LogP contribution is 2.41. The summed E-state index contributed by atoms with van der Waals surface area (Å²) in [5, 5.41) is 2.92. The quantitative estimate of drug-likeness (QED) is 0.447. The van der Waals surface area contributed by atoms with E-state index in [0.717, 1.165) is 12.0 Å². The molecule has 170 valence electrons. The predicted octanol–water partition coefficient (Wildman–Crippen LogP) is 6.97. The molecular weight excluding hydrogens is 415 g/mol. The second-order valence-corrected chi connectivity index (χ2v) is 7.31. The van der Waals surface area contributed by atoms with Gasteiger partial charge in [0.1, 0.15) is 5.75 Å². The largest absolute Gasteiger partial charge is 0.573 e. The minimum atomic E-state index is -4.78. The number of ether oxygens (including phenoxy) is 1. The van der Waals surface area contributed by atoms with Crippen molar-refractivity contribution in [1.82, 2.24) is 5.32 Å². The molecule has 2 rings (SSSR count). The molecule has 0 aliphatic carbocycles. The maximum atomic E-state index is 14.1. The molecule has 0 aliphatic heterocycles. The normalized spacial score (nSPS) is 12.4. The number of halogens is 5. The molecule has 0 fully saturated rings. The van der Waals surface area contributed by atoms with E-state index in [1.165, 1.54) is 24.3 Å². The van der Waals surface area contributed by atoms with Gasteiger partial charge in [-0.3, -0.25) is 0 Å². The fraction of sp³-hybridized carbons (Fsp3) is 0.391. The van der Waals surface area contributed by atoms with Gasteiger partial charge in [0.15, 0.2) is 0 Å². The van der Waals surface area contributed by atoms with Crippen LogP contribution in [0.15, 0.2) is 42.1 Å². The average Bonchev–Trinajstić information content (AvgIpc) is 2.68. The molecule has 0 aliphatic rings. The average molecular weight is 442 g/mol.